The number of hydrogen-bond donors (Lipinski definition) is 3. The highest BCUT2D eigenvalue weighted by atomic mass is 16.4. The minimum Gasteiger partial charge on any atom is -0.480 e. The second-order valence-corrected chi connectivity index (χ2v) is 5.87. The predicted octanol–water partition coefficient (Wildman–Crippen LogP) is 0.252. The molecule has 1 saturated carbocycles. The van der Waals surface area contributed by atoms with Crippen molar-refractivity contribution in [2.75, 3.05) is 6.54 Å². The average Bonchev–Trinajstić information content (AvgIpc) is 2.92. The first-order valence-corrected chi connectivity index (χ1v) is 6.34. The summed E-state index contributed by atoms with van der Waals surface area (Å²) in [4.78, 5) is 23.2. The number of nitrogens with one attached hydrogen (secondary N) is 2. The normalized spacial score (nSPS) is 39.1. The highest BCUT2D eigenvalue weighted by Gasteiger charge is 2.58. The molecule has 3 fully saturated rings. The molecular weight excluding hydrogens is 220 g/mol. The zero-order valence-electron chi connectivity index (χ0n) is 9.79. The Bertz CT molecular complexity index is 376. The largest absolute Gasteiger partial charge is 0.480 e. The minimum absolute atomic E-state index is 0.0217. The summed E-state index contributed by atoms with van der Waals surface area (Å²) in [6.45, 7) is 0.511. The van der Waals surface area contributed by atoms with Crippen molar-refractivity contribution in [1.82, 2.24) is 10.6 Å². The van der Waals surface area contributed by atoms with Crippen molar-refractivity contribution < 1.29 is 14.7 Å². The van der Waals surface area contributed by atoms with Crippen LogP contribution in [-0.4, -0.2) is 35.1 Å². The molecule has 0 aromatic carbocycles. The zero-order valence-corrected chi connectivity index (χ0v) is 9.79. The lowest BCUT2D eigenvalue weighted by Gasteiger charge is -2.24. The molecule has 2 spiro atoms. The Labute approximate surface area is 100.0 Å². The number of carboxylic acid groups (broad SMARTS) is 1. The van der Waals surface area contributed by atoms with E-state index in [1.54, 1.807) is 0 Å². The number of carbonyl (C=O) groups is 2. The first-order valence-electron chi connectivity index (χ1n) is 6.34. The molecule has 2 atom stereocenters. The molecule has 0 radical (unpaired) electrons. The molecule has 5 heteroatoms. The Kier molecular flexibility index (Phi) is 2.23. The van der Waals surface area contributed by atoms with Gasteiger partial charge in [0, 0.05) is 12.1 Å². The first kappa shape index (κ1) is 11.0. The molecular formula is C12H18N2O3. The number of amides is 1. The molecule has 3 rings (SSSR count). The molecule has 2 heterocycles. The molecule has 3 N–H and O–H groups in total. The summed E-state index contributed by atoms with van der Waals surface area (Å²) < 4.78 is 0. The molecule has 0 aromatic rings. The van der Waals surface area contributed by atoms with Gasteiger partial charge in [-0.1, -0.05) is 12.8 Å². The third kappa shape index (κ3) is 1.56. The van der Waals surface area contributed by atoms with Crippen molar-refractivity contribution in [1.29, 1.82) is 0 Å². The van der Waals surface area contributed by atoms with Gasteiger partial charge in [-0.25, -0.2) is 0 Å². The van der Waals surface area contributed by atoms with Gasteiger partial charge in [0.2, 0.25) is 5.91 Å². The van der Waals surface area contributed by atoms with E-state index in [9.17, 15) is 9.59 Å². The van der Waals surface area contributed by atoms with Gasteiger partial charge in [0.05, 0.1) is 5.41 Å². The summed E-state index contributed by atoms with van der Waals surface area (Å²) in [5, 5.41) is 15.1. The lowest BCUT2D eigenvalue weighted by molar-refractivity contribution is -0.139. The predicted molar refractivity (Wildman–Crippen MR) is 60.4 cm³/mol. The summed E-state index contributed by atoms with van der Waals surface area (Å²) in [5.74, 6) is -0.780. The molecule has 17 heavy (non-hydrogen) atoms. The van der Waals surface area contributed by atoms with E-state index in [2.05, 4.69) is 10.6 Å². The van der Waals surface area contributed by atoms with Crippen molar-refractivity contribution in [3.8, 4) is 0 Å². The molecule has 94 valence electrons. The van der Waals surface area contributed by atoms with Crippen LogP contribution in [-0.2, 0) is 9.59 Å². The fourth-order valence-electron chi connectivity index (χ4n) is 3.84. The van der Waals surface area contributed by atoms with Crippen LogP contribution >= 0.6 is 0 Å². The molecule has 2 aliphatic heterocycles. The van der Waals surface area contributed by atoms with Crippen LogP contribution in [0.2, 0.25) is 0 Å². The molecule has 0 aromatic heterocycles. The van der Waals surface area contributed by atoms with Gasteiger partial charge in [0.15, 0.2) is 0 Å². The summed E-state index contributed by atoms with van der Waals surface area (Å²) in [5.41, 5.74) is -0.487. The van der Waals surface area contributed by atoms with Crippen molar-refractivity contribution in [3.63, 3.8) is 0 Å². The Morgan fingerprint density at radius 1 is 1.35 bits per heavy atom. The van der Waals surface area contributed by atoms with Gasteiger partial charge in [-0.15, -0.1) is 0 Å². The van der Waals surface area contributed by atoms with Gasteiger partial charge in [-0.05, 0) is 25.7 Å². The van der Waals surface area contributed by atoms with E-state index in [0.717, 1.165) is 19.3 Å². The fourth-order valence-corrected chi connectivity index (χ4v) is 3.84. The molecule has 2 unspecified atom stereocenters. The zero-order chi connectivity index (χ0) is 12.1. The van der Waals surface area contributed by atoms with E-state index < -0.39 is 17.4 Å². The Morgan fingerprint density at radius 2 is 2.06 bits per heavy atom. The fraction of sp³-hybridized carbons (Fsp3) is 0.833. The van der Waals surface area contributed by atoms with Crippen LogP contribution in [0, 0.1) is 5.41 Å². The molecule has 5 nitrogen and oxygen atoms in total. The number of aliphatic carboxylic acids is 1. The van der Waals surface area contributed by atoms with Crippen molar-refractivity contribution in [2.45, 2.75) is 50.1 Å². The maximum absolute atomic E-state index is 12.2. The maximum Gasteiger partial charge on any atom is 0.320 e. The van der Waals surface area contributed by atoms with E-state index in [4.69, 9.17) is 5.11 Å². The number of hydrogen-bond acceptors (Lipinski definition) is 3. The first-order chi connectivity index (χ1) is 8.05. The Balaban J connectivity index is 1.80. The molecule has 1 aliphatic carbocycles. The number of carboxylic acids is 1. The highest BCUT2D eigenvalue weighted by Crippen LogP contribution is 2.48. The molecule has 0 bridgehead atoms. The molecule has 2 saturated heterocycles. The van der Waals surface area contributed by atoms with Gasteiger partial charge >= 0.3 is 5.97 Å². The number of carbonyl (C=O) groups excluding carboxylic acids is 1. The third-order valence-electron chi connectivity index (χ3n) is 4.68. The second kappa shape index (κ2) is 3.45. The minimum atomic E-state index is -0.845. The van der Waals surface area contributed by atoms with Crippen LogP contribution in [0.25, 0.3) is 0 Å². The van der Waals surface area contributed by atoms with Crippen molar-refractivity contribution >= 4 is 11.9 Å². The summed E-state index contributed by atoms with van der Waals surface area (Å²) in [6.07, 6.45) is 5.71. The monoisotopic (exact) mass is 238 g/mol. The van der Waals surface area contributed by atoms with Crippen molar-refractivity contribution in [2.24, 2.45) is 5.41 Å². The third-order valence-corrected chi connectivity index (χ3v) is 4.68. The average molecular weight is 238 g/mol. The Hall–Kier alpha value is -1.10. The second-order valence-electron chi connectivity index (χ2n) is 5.87. The Morgan fingerprint density at radius 3 is 2.65 bits per heavy atom. The highest BCUT2D eigenvalue weighted by molar-refractivity contribution is 5.88. The van der Waals surface area contributed by atoms with Crippen LogP contribution in [0.5, 0.6) is 0 Å². The summed E-state index contributed by atoms with van der Waals surface area (Å²) in [6, 6.07) is -0.558. The quantitative estimate of drug-likeness (QED) is 0.612. The maximum atomic E-state index is 12.2. The SMILES string of the molecule is O=C(O)C1CC2(CN1)CC1(CCCC1)NC2=O. The van der Waals surface area contributed by atoms with Gasteiger partial charge in [0.25, 0.3) is 0 Å². The van der Waals surface area contributed by atoms with Crippen molar-refractivity contribution in [3.05, 3.63) is 0 Å². The lowest BCUT2D eigenvalue weighted by atomic mass is 9.78. The van der Waals surface area contributed by atoms with Crippen LogP contribution in [0.4, 0.5) is 0 Å². The summed E-state index contributed by atoms with van der Waals surface area (Å²) in [7, 11) is 0. The molecule has 1 amide bonds. The van der Waals surface area contributed by atoms with Crippen LogP contribution in [0.15, 0.2) is 0 Å². The van der Waals surface area contributed by atoms with E-state index >= 15 is 0 Å². The summed E-state index contributed by atoms with van der Waals surface area (Å²) >= 11 is 0. The van der Waals surface area contributed by atoms with E-state index in [0.29, 0.717) is 13.0 Å². The van der Waals surface area contributed by atoms with Gasteiger partial charge in [0.1, 0.15) is 6.04 Å². The van der Waals surface area contributed by atoms with Crippen LogP contribution in [0.3, 0.4) is 0 Å². The molecule has 3 aliphatic rings. The van der Waals surface area contributed by atoms with E-state index in [1.165, 1.54) is 12.8 Å². The van der Waals surface area contributed by atoms with Gasteiger partial charge < -0.3 is 15.7 Å². The lowest BCUT2D eigenvalue weighted by Crippen LogP contribution is -2.39. The van der Waals surface area contributed by atoms with E-state index in [1.807, 2.05) is 0 Å². The topological polar surface area (TPSA) is 78.4 Å². The smallest absolute Gasteiger partial charge is 0.320 e. The van der Waals surface area contributed by atoms with Gasteiger partial charge in [-0.2, -0.15) is 0 Å². The van der Waals surface area contributed by atoms with E-state index in [-0.39, 0.29) is 11.4 Å². The van der Waals surface area contributed by atoms with Crippen LogP contribution in [0.1, 0.15) is 38.5 Å². The van der Waals surface area contributed by atoms with Gasteiger partial charge in [-0.3, -0.25) is 9.59 Å². The van der Waals surface area contributed by atoms with Crippen LogP contribution < -0.4 is 10.6 Å². The number of rotatable bonds is 1. The standard InChI is InChI=1S/C12H18N2O3/c15-9(16)8-5-11(7-13-8)6-12(14-10(11)17)3-1-2-4-12/h8,13H,1-7H2,(H,14,17)(H,15,16).